The zero-order valence-corrected chi connectivity index (χ0v) is 10.5. The summed E-state index contributed by atoms with van der Waals surface area (Å²) in [5, 5.41) is 0. The third-order valence-corrected chi connectivity index (χ3v) is 3.01. The van der Waals surface area contributed by atoms with Gasteiger partial charge in [0.15, 0.2) is 5.58 Å². The number of benzene rings is 1. The molecule has 0 aliphatic heterocycles. The van der Waals surface area contributed by atoms with E-state index in [0.717, 1.165) is 29.6 Å². The van der Waals surface area contributed by atoms with Crippen LogP contribution in [0.15, 0.2) is 47.0 Å². The van der Waals surface area contributed by atoms with Crippen LogP contribution in [0.2, 0.25) is 0 Å². The molecule has 4 nitrogen and oxygen atoms in total. The van der Waals surface area contributed by atoms with Gasteiger partial charge in [0, 0.05) is 6.20 Å². The van der Waals surface area contributed by atoms with E-state index >= 15 is 0 Å². The highest BCUT2D eigenvalue weighted by Crippen LogP contribution is 2.23. The standard InChI is InChI=1S/C15H15N3O/c16-8-3-4-11-6-7-14-13(10-11)18-15(19-14)12-5-1-2-9-17-12/h1-2,5-7,9-10H,3-4,8,16H2. The fourth-order valence-corrected chi connectivity index (χ4v) is 2.03. The van der Waals surface area contributed by atoms with Crippen LogP contribution in [0.4, 0.5) is 0 Å². The number of aromatic nitrogens is 2. The predicted molar refractivity (Wildman–Crippen MR) is 74.6 cm³/mol. The van der Waals surface area contributed by atoms with E-state index < -0.39 is 0 Å². The molecular formula is C15H15N3O. The lowest BCUT2D eigenvalue weighted by molar-refractivity contribution is 0.616. The number of oxazole rings is 1. The molecule has 0 saturated carbocycles. The fourth-order valence-electron chi connectivity index (χ4n) is 2.03. The SMILES string of the molecule is NCCCc1ccc2oc(-c3ccccn3)nc2c1. The van der Waals surface area contributed by atoms with Crippen molar-refractivity contribution in [1.82, 2.24) is 9.97 Å². The van der Waals surface area contributed by atoms with Crippen molar-refractivity contribution in [3.63, 3.8) is 0 Å². The second-order valence-corrected chi connectivity index (χ2v) is 4.43. The first-order valence-electron chi connectivity index (χ1n) is 6.38. The molecule has 0 amide bonds. The van der Waals surface area contributed by atoms with Gasteiger partial charge in [-0.2, -0.15) is 0 Å². The first-order valence-corrected chi connectivity index (χ1v) is 6.38. The Morgan fingerprint density at radius 2 is 2.11 bits per heavy atom. The molecule has 0 aliphatic rings. The van der Waals surface area contributed by atoms with E-state index in [-0.39, 0.29) is 0 Å². The molecule has 0 radical (unpaired) electrons. The Morgan fingerprint density at radius 3 is 2.89 bits per heavy atom. The second kappa shape index (κ2) is 5.20. The van der Waals surface area contributed by atoms with Crippen LogP contribution in [0, 0.1) is 0 Å². The number of aryl methyl sites for hydroxylation is 1. The first-order chi connectivity index (χ1) is 9.36. The van der Waals surface area contributed by atoms with Gasteiger partial charge in [-0.05, 0) is 49.2 Å². The molecule has 96 valence electrons. The summed E-state index contributed by atoms with van der Waals surface area (Å²) >= 11 is 0. The molecule has 0 saturated heterocycles. The lowest BCUT2D eigenvalue weighted by Crippen LogP contribution is -2.00. The summed E-state index contributed by atoms with van der Waals surface area (Å²) in [4.78, 5) is 8.73. The Hall–Kier alpha value is -2.20. The van der Waals surface area contributed by atoms with Gasteiger partial charge in [0.2, 0.25) is 5.89 Å². The van der Waals surface area contributed by atoms with Crippen molar-refractivity contribution in [1.29, 1.82) is 0 Å². The molecule has 0 fully saturated rings. The topological polar surface area (TPSA) is 64.9 Å². The summed E-state index contributed by atoms with van der Waals surface area (Å²) in [5.74, 6) is 0.562. The number of hydrogen-bond donors (Lipinski definition) is 1. The van der Waals surface area contributed by atoms with Crippen molar-refractivity contribution in [2.24, 2.45) is 5.73 Å². The number of fused-ring (bicyclic) bond motifs is 1. The minimum Gasteiger partial charge on any atom is -0.435 e. The van der Waals surface area contributed by atoms with Gasteiger partial charge in [-0.25, -0.2) is 4.98 Å². The molecule has 4 heteroatoms. The highest BCUT2D eigenvalue weighted by Gasteiger charge is 2.09. The average Bonchev–Trinajstić information content (AvgIpc) is 2.89. The van der Waals surface area contributed by atoms with Gasteiger partial charge in [0.05, 0.1) is 0 Å². The minimum absolute atomic E-state index is 0.562. The molecule has 2 N–H and O–H groups in total. The largest absolute Gasteiger partial charge is 0.435 e. The van der Waals surface area contributed by atoms with E-state index in [2.05, 4.69) is 22.1 Å². The van der Waals surface area contributed by atoms with Gasteiger partial charge in [-0.3, -0.25) is 4.98 Å². The third kappa shape index (κ3) is 2.48. The number of pyridine rings is 1. The summed E-state index contributed by atoms with van der Waals surface area (Å²) in [5.41, 5.74) is 9.17. The monoisotopic (exact) mass is 253 g/mol. The summed E-state index contributed by atoms with van der Waals surface area (Å²) in [6.45, 7) is 0.704. The quantitative estimate of drug-likeness (QED) is 0.776. The zero-order valence-electron chi connectivity index (χ0n) is 10.5. The number of nitrogens with zero attached hydrogens (tertiary/aromatic N) is 2. The smallest absolute Gasteiger partial charge is 0.246 e. The Labute approximate surface area is 111 Å². The normalized spacial score (nSPS) is 11.0. The maximum absolute atomic E-state index is 5.72. The van der Waals surface area contributed by atoms with Crippen LogP contribution in [0.1, 0.15) is 12.0 Å². The summed E-state index contributed by atoms with van der Waals surface area (Å²) < 4.78 is 5.72. The highest BCUT2D eigenvalue weighted by atomic mass is 16.3. The predicted octanol–water partition coefficient (Wildman–Crippen LogP) is 2.78. The molecule has 0 bridgehead atoms. The molecule has 3 aromatic rings. The van der Waals surface area contributed by atoms with E-state index in [9.17, 15) is 0 Å². The van der Waals surface area contributed by atoms with E-state index in [1.54, 1.807) is 6.20 Å². The molecule has 1 aromatic carbocycles. The maximum Gasteiger partial charge on any atom is 0.246 e. The lowest BCUT2D eigenvalue weighted by Gasteiger charge is -1.97. The molecule has 3 rings (SSSR count). The summed E-state index contributed by atoms with van der Waals surface area (Å²) in [6, 6.07) is 11.8. The Morgan fingerprint density at radius 1 is 1.16 bits per heavy atom. The number of rotatable bonds is 4. The van der Waals surface area contributed by atoms with Gasteiger partial charge < -0.3 is 10.2 Å². The van der Waals surface area contributed by atoms with Crippen LogP contribution in [0.5, 0.6) is 0 Å². The Balaban J connectivity index is 1.97. The Bertz CT molecular complexity index is 676. The van der Waals surface area contributed by atoms with Crippen molar-refractivity contribution in [2.75, 3.05) is 6.54 Å². The van der Waals surface area contributed by atoms with E-state index in [1.807, 2.05) is 24.3 Å². The molecule has 0 aliphatic carbocycles. The van der Waals surface area contributed by atoms with Crippen LogP contribution in [0.25, 0.3) is 22.7 Å². The minimum atomic E-state index is 0.562. The summed E-state index contributed by atoms with van der Waals surface area (Å²) in [6.07, 6.45) is 3.69. The van der Waals surface area contributed by atoms with Gasteiger partial charge in [-0.15, -0.1) is 0 Å². The van der Waals surface area contributed by atoms with Crippen molar-refractivity contribution in [3.8, 4) is 11.6 Å². The molecule has 2 aromatic heterocycles. The van der Waals surface area contributed by atoms with Crippen molar-refractivity contribution < 1.29 is 4.42 Å². The van der Waals surface area contributed by atoms with Crippen molar-refractivity contribution in [3.05, 3.63) is 48.2 Å². The van der Waals surface area contributed by atoms with E-state index in [0.29, 0.717) is 12.4 Å². The Kier molecular flexibility index (Phi) is 3.25. The van der Waals surface area contributed by atoms with E-state index in [4.69, 9.17) is 10.2 Å². The maximum atomic E-state index is 5.72. The average molecular weight is 253 g/mol. The highest BCUT2D eigenvalue weighted by molar-refractivity contribution is 5.76. The van der Waals surface area contributed by atoms with Crippen LogP contribution in [-0.4, -0.2) is 16.5 Å². The van der Waals surface area contributed by atoms with Crippen LogP contribution in [0.3, 0.4) is 0 Å². The summed E-state index contributed by atoms with van der Waals surface area (Å²) in [7, 11) is 0. The third-order valence-electron chi connectivity index (χ3n) is 3.01. The van der Waals surface area contributed by atoms with Gasteiger partial charge in [-0.1, -0.05) is 12.1 Å². The van der Waals surface area contributed by atoms with Gasteiger partial charge >= 0.3 is 0 Å². The lowest BCUT2D eigenvalue weighted by atomic mass is 10.1. The van der Waals surface area contributed by atoms with Gasteiger partial charge in [0.1, 0.15) is 11.2 Å². The molecule has 0 spiro atoms. The van der Waals surface area contributed by atoms with Crippen LogP contribution in [-0.2, 0) is 6.42 Å². The van der Waals surface area contributed by atoms with Crippen molar-refractivity contribution in [2.45, 2.75) is 12.8 Å². The number of nitrogens with two attached hydrogens (primary N) is 1. The first kappa shape index (κ1) is 11.9. The molecule has 0 atom stereocenters. The molecule has 2 heterocycles. The fraction of sp³-hybridized carbons (Fsp3) is 0.200. The molecule has 19 heavy (non-hydrogen) atoms. The van der Waals surface area contributed by atoms with E-state index in [1.165, 1.54) is 5.56 Å². The van der Waals surface area contributed by atoms with Gasteiger partial charge in [0.25, 0.3) is 0 Å². The second-order valence-electron chi connectivity index (χ2n) is 4.43. The van der Waals surface area contributed by atoms with Crippen LogP contribution >= 0.6 is 0 Å². The van der Waals surface area contributed by atoms with Crippen LogP contribution < -0.4 is 5.73 Å². The molecular weight excluding hydrogens is 238 g/mol. The number of hydrogen-bond acceptors (Lipinski definition) is 4. The zero-order chi connectivity index (χ0) is 13.1. The van der Waals surface area contributed by atoms with Crippen molar-refractivity contribution >= 4 is 11.1 Å². The molecule has 0 unspecified atom stereocenters.